The van der Waals surface area contributed by atoms with Gasteiger partial charge in [0.15, 0.2) is 5.82 Å². The first-order chi connectivity index (χ1) is 10.2. The largest absolute Gasteiger partial charge is 0.339 e. The molecule has 2 aromatic rings. The van der Waals surface area contributed by atoms with Crippen LogP contribution >= 0.6 is 0 Å². The molecule has 0 spiro atoms. The van der Waals surface area contributed by atoms with Crippen LogP contribution in [-0.4, -0.2) is 34.8 Å². The molecule has 3 N–H and O–H groups in total. The van der Waals surface area contributed by atoms with E-state index in [-0.39, 0.29) is 5.56 Å². The van der Waals surface area contributed by atoms with Gasteiger partial charge in [-0.1, -0.05) is 0 Å². The Bertz CT molecular complexity index is 628. The number of hydrogen-bond donors (Lipinski definition) is 2. The van der Waals surface area contributed by atoms with Crippen molar-refractivity contribution in [3.63, 3.8) is 0 Å². The van der Waals surface area contributed by atoms with Crippen LogP contribution < -0.4 is 10.6 Å². The summed E-state index contributed by atoms with van der Waals surface area (Å²) in [4.78, 5) is 6.36. The van der Waals surface area contributed by atoms with Crippen LogP contribution in [-0.2, 0) is 0 Å². The standard InChI is InChI=1S/C14H17F2N5/c15-10-3-4-11(12(16)6-10)13-18-14(20-19-13)21-5-1-2-9(7-17)8-21/h3-4,6,9H,1-2,5,7-8,17H2,(H,18,19,20). The molecule has 0 aliphatic carbocycles. The summed E-state index contributed by atoms with van der Waals surface area (Å²) in [6.45, 7) is 2.31. The van der Waals surface area contributed by atoms with Gasteiger partial charge in [-0.2, -0.15) is 4.98 Å². The molecule has 1 aromatic heterocycles. The summed E-state index contributed by atoms with van der Waals surface area (Å²) in [6, 6.07) is 3.39. The molecule has 21 heavy (non-hydrogen) atoms. The van der Waals surface area contributed by atoms with Gasteiger partial charge in [0.2, 0.25) is 5.95 Å². The van der Waals surface area contributed by atoms with E-state index in [1.54, 1.807) is 0 Å². The van der Waals surface area contributed by atoms with Crippen molar-refractivity contribution in [1.29, 1.82) is 0 Å². The molecule has 1 atom stereocenters. The van der Waals surface area contributed by atoms with Crippen LogP contribution in [0.4, 0.5) is 14.7 Å². The molecule has 1 aromatic carbocycles. The van der Waals surface area contributed by atoms with Gasteiger partial charge in [-0.3, -0.25) is 5.10 Å². The lowest BCUT2D eigenvalue weighted by atomic mass is 9.99. The van der Waals surface area contributed by atoms with Gasteiger partial charge in [0.25, 0.3) is 0 Å². The summed E-state index contributed by atoms with van der Waals surface area (Å²) in [6.07, 6.45) is 2.15. The fourth-order valence-corrected chi connectivity index (χ4v) is 2.64. The lowest BCUT2D eigenvalue weighted by Gasteiger charge is -2.31. The summed E-state index contributed by atoms with van der Waals surface area (Å²) in [5.41, 5.74) is 5.92. The number of aromatic amines is 1. The molecule has 0 saturated carbocycles. The van der Waals surface area contributed by atoms with Crippen molar-refractivity contribution in [3.8, 4) is 11.4 Å². The van der Waals surface area contributed by atoms with Crippen LogP contribution in [0.2, 0.25) is 0 Å². The molecule has 7 heteroatoms. The number of aromatic nitrogens is 3. The van der Waals surface area contributed by atoms with Crippen LogP contribution in [0.1, 0.15) is 12.8 Å². The van der Waals surface area contributed by atoms with Crippen molar-refractivity contribution >= 4 is 5.95 Å². The number of anilines is 1. The van der Waals surface area contributed by atoms with Gasteiger partial charge in [0.05, 0.1) is 5.56 Å². The number of halogens is 2. The highest BCUT2D eigenvalue weighted by atomic mass is 19.1. The summed E-state index contributed by atoms with van der Waals surface area (Å²) >= 11 is 0. The second kappa shape index (κ2) is 5.77. The smallest absolute Gasteiger partial charge is 0.245 e. The van der Waals surface area contributed by atoms with E-state index in [0.717, 1.165) is 32.0 Å². The van der Waals surface area contributed by atoms with Gasteiger partial charge < -0.3 is 10.6 Å². The van der Waals surface area contributed by atoms with Gasteiger partial charge in [-0.15, -0.1) is 5.10 Å². The maximum atomic E-state index is 13.7. The number of piperidine rings is 1. The minimum absolute atomic E-state index is 0.211. The van der Waals surface area contributed by atoms with Gasteiger partial charge in [-0.05, 0) is 37.4 Å². The topological polar surface area (TPSA) is 70.8 Å². The maximum Gasteiger partial charge on any atom is 0.245 e. The Morgan fingerprint density at radius 1 is 1.38 bits per heavy atom. The minimum Gasteiger partial charge on any atom is -0.339 e. The van der Waals surface area contributed by atoms with Crippen molar-refractivity contribution in [3.05, 3.63) is 29.8 Å². The quantitative estimate of drug-likeness (QED) is 0.907. The minimum atomic E-state index is -0.656. The van der Waals surface area contributed by atoms with Crippen LogP contribution in [0.3, 0.4) is 0 Å². The van der Waals surface area contributed by atoms with Gasteiger partial charge in [0.1, 0.15) is 11.6 Å². The number of nitrogens with one attached hydrogen (secondary N) is 1. The third-order valence-corrected chi connectivity index (χ3v) is 3.80. The zero-order valence-electron chi connectivity index (χ0n) is 11.5. The number of nitrogens with two attached hydrogens (primary N) is 1. The highest BCUT2D eigenvalue weighted by molar-refractivity contribution is 5.57. The fraction of sp³-hybridized carbons (Fsp3) is 0.429. The third-order valence-electron chi connectivity index (χ3n) is 3.80. The van der Waals surface area contributed by atoms with Crippen molar-refractivity contribution in [2.75, 3.05) is 24.5 Å². The van der Waals surface area contributed by atoms with E-state index in [0.29, 0.717) is 24.2 Å². The molecule has 0 bridgehead atoms. The van der Waals surface area contributed by atoms with E-state index in [9.17, 15) is 8.78 Å². The molecular formula is C14H17F2N5. The molecule has 1 aliphatic rings. The molecule has 0 radical (unpaired) electrons. The van der Waals surface area contributed by atoms with Crippen LogP contribution in [0, 0.1) is 17.6 Å². The van der Waals surface area contributed by atoms with Crippen molar-refractivity contribution < 1.29 is 8.78 Å². The van der Waals surface area contributed by atoms with E-state index >= 15 is 0 Å². The summed E-state index contributed by atoms with van der Waals surface area (Å²) < 4.78 is 26.7. The Kier molecular flexibility index (Phi) is 3.83. The van der Waals surface area contributed by atoms with Crippen molar-refractivity contribution in [1.82, 2.24) is 15.2 Å². The lowest BCUT2D eigenvalue weighted by Crippen LogP contribution is -2.38. The first-order valence-electron chi connectivity index (χ1n) is 7.00. The normalized spacial score (nSPS) is 19.0. The third kappa shape index (κ3) is 2.87. The van der Waals surface area contributed by atoms with E-state index in [1.807, 2.05) is 4.90 Å². The van der Waals surface area contributed by atoms with Crippen LogP contribution in [0.5, 0.6) is 0 Å². The highest BCUT2D eigenvalue weighted by Gasteiger charge is 2.22. The maximum absolute atomic E-state index is 13.7. The zero-order chi connectivity index (χ0) is 14.8. The van der Waals surface area contributed by atoms with E-state index in [1.165, 1.54) is 12.1 Å². The molecule has 3 rings (SSSR count). The van der Waals surface area contributed by atoms with Gasteiger partial charge in [0, 0.05) is 19.2 Å². The molecule has 1 fully saturated rings. The van der Waals surface area contributed by atoms with Gasteiger partial charge >= 0.3 is 0 Å². The molecule has 1 saturated heterocycles. The summed E-state index contributed by atoms with van der Waals surface area (Å²) in [5, 5.41) is 6.85. The van der Waals surface area contributed by atoms with Crippen molar-refractivity contribution in [2.24, 2.45) is 11.7 Å². The predicted octanol–water partition coefficient (Wildman–Crippen LogP) is 1.93. The molecule has 1 aliphatic heterocycles. The number of rotatable bonds is 3. The molecular weight excluding hydrogens is 276 g/mol. The summed E-state index contributed by atoms with van der Waals surface area (Å²) in [7, 11) is 0. The average molecular weight is 293 g/mol. The molecule has 5 nitrogen and oxygen atoms in total. The lowest BCUT2D eigenvalue weighted by molar-refractivity contribution is 0.420. The van der Waals surface area contributed by atoms with Crippen molar-refractivity contribution in [2.45, 2.75) is 12.8 Å². The van der Waals surface area contributed by atoms with E-state index in [2.05, 4.69) is 15.2 Å². The van der Waals surface area contributed by atoms with E-state index < -0.39 is 11.6 Å². The zero-order valence-corrected chi connectivity index (χ0v) is 11.5. The highest BCUT2D eigenvalue weighted by Crippen LogP contribution is 2.24. The first-order valence-corrected chi connectivity index (χ1v) is 7.00. The second-order valence-corrected chi connectivity index (χ2v) is 5.30. The van der Waals surface area contributed by atoms with Crippen LogP contribution in [0.15, 0.2) is 18.2 Å². The molecule has 0 amide bonds. The summed E-state index contributed by atoms with van der Waals surface area (Å²) in [5.74, 6) is 0.00138. The Morgan fingerprint density at radius 3 is 3.00 bits per heavy atom. The SMILES string of the molecule is NCC1CCCN(c2n[nH]c(-c3ccc(F)cc3F)n2)C1. The number of benzene rings is 1. The van der Waals surface area contributed by atoms with Crippen LogP contribution in [0.25, 0.3) is 11.4 Å². The predicted molar refractivity (Wildman–Crippen MR) is 75.7 cm³/mol. The Labute approximate surface area is 121 Å². The Morgan fingerprint density at radius 2 is 2.24 bits per heavy atom. The molecule has 112 valence electrons. The average Bonchev–Trinajstić information content (AvgIpc) is 2.97. The first kappa shape index (κ1) is 13.9. The number of nitrogens with zero attached hydrogens (tertiary/aromatic N) is 3. The second-order valence-electron chi connectivity index (χ2n) is 5.30. The number of H-pyrrole nitrogens is 1. The molecule has 1 unspecified atom stereocenters. The number of hydrogen-bond acceptors (Lipinski definition) is 4. The van der Waals surface area contributed by atoms with Gasteiger partial charge in [-0.25, -0.2) is 8.78 Å². The Balaban J connectivity index is 1.83. The molecule has 2 heterocycles. The fourth-order valence-electron chi connectivity index (χ4n) is 2.64. The van der Waals surface area contributed by atoms with E-state index in [4.69, 9.17) is 5.73 Å². The Hall–Kier alpha value is -2.02. The monoisotopic (exact) mass is 293 g/mol.